The molecular weight excluding hydrogens is 420 g/mol. The van der Waals surface area contributed by atoms with Crippen LogP contribution in [-0.4, -0.2) is 0 Å². The summed E-state index contributed by atoms with van der Waals surface area (Å²) in [7, 11) is 0. The van der Waals surface area contributed by atoms with Gasteiger partial charge < -0.3 is 0 Å². The smallest absolute Gasteiger partial charge is 0.0358 e. The lowest BCUT2D eigenvalue weighted by Gasteiger charge is -2.32. The average Bonchev–Trinajstić information content (AvgIpc) is 3.59. The van der Waals surface area contributed by atoms with Crippen molar-refractivity contribution in [3.63, 3.8) is 0 Å². The van der Waals surface area contributed by atoms with Gasteiger partial charge in [0.05, 0.1) is 0 Å². The van der Waals surface area contributed by atoms with E-state index in [1.54, 1.807) is 0 Å². The summed E-state index contributed by atoms with van der Waals surface area (Å²) in [6.07, 6.45) is 4.54. The first-order valence-electron chi connectivity index (χ1n) is 12.7. The summed E-state index contributed by atoms with van der Waals surface area (Å²) >= 11 is 0. The second-order valence-corrected chi connectivity index (χ2v) is 10.4. The number of fused-ring (bicyclic) bond motifs is 16. The minimum absolute atomic E-state index is 0.307. The number of allylic oxidation sites excluding steroid dienone is 1. The monoisotopic (exact) mass is 442 g/mol. The molecule has 5 aromatic rings. The van der Waals surface area contributed by atoms with Crippen molar-refractivity contribution < 1.29 is 0 Å². The number of hydrogen-bond acceptors (Lipinski definition) is 0. The quantitative estimate of drug-likeness (QED) is 0.221. The van der Waals surface area contributed by atoms with Crippen LogP contribution in [0.4, 0.5) is 0 Å². The van der Waals surface area contributed by atoms with E-state index < -0.39 is 0 Å². The molecule has 0 radical (unpaired) electrons. The first-order valence-corrected chi connectivity index (χ1v) is 12.7. The molecule has 35 heavy (non-hydrogen) atoms. The van der Waals surface area contributed by atoms with Crippen LogP contribution >= 0.6 is 0 Å². The molecule has 0 bridgehead atoms. The Morgan fingerprint density at radius 2 is 1.20 bits per heavy atom. The van der Waals surface area contributed by atoms with Gasteiger partial charge in [0.15, 0.2) is 0 Å². The normalized spacial score (nSPS) is 16.8. The van der Waals surface area contributed by atoms with Crippen molar-refractivity contribution in [1.82, 2.24) is 0 Å². The lowest BCUT2D eigenvalue weighted by molar-refractivity contribution is 1.04. The van der Waals surface area contributed by atoms with Crippen molar-refractivity contribution in [1.29, 1.82) is 0 Å². The Labute approximate surface area is 205 Å². The molecular formula is C35H22. The van der Waals surface area contributed by atoms with Gasteiger partial charge in [-0.05, 0) is 102 Å². The van der Waals surface area contributed by atoms with Crippen LogP contribution in [0.1, 0.15) is 50.4 Å². The highest BCUT2D eigenvalue weighted by atomic mass is 14.4. The first kappa shape index (κ1) is 18.2. The molecule has 0 saturated carbocycles. The number of benzene rings is 5. The third kappa shape index (κ3) is 2.19. The zero-order valence-corrected chi connectivity index (χ0v) is 19.3. The molecule has 1 unspecified atom stereocenters. The second-order valence-electron chi connectivity index (χ2n) is 10.4. The number of hydrogen-bond donors (Lipinski definition) is 0. The predicted octanol–water partition coefficient (Wildman–Crippen LogP) is 8.50. The van der Waals surface area contributed by atoms with Crippen LogP contribution in [0.25, 0.3) is 45.0 Å². The molecule has 1 atom stereocenters. The van der Waals surface area contributed by atoms with Gasteiger partial charge in [0.2, 0.25) is 0 Å². The molecule has 162 valence electrons. The van der Waals surface area contributed by atoms with Gasteiger partial charge in [-0.15, -0.1) is 0 Å². The Hall–Kier alpha value is -4.16. The molecule has 0 heteroatoms. The minimum Gasteiger partial charge on any atom is -0.0619 e. The van der Waals surface area contributed by atoms with Gasteiger partial charge in [0, 0.05) is 5.92 Å². The van der Waals surface area contributed by atoms with Gasteiger partial charge >= 0.3 is 0 Å². The van der Waals surface area contributed by atoms with Crippen molar-refractivity contribution in [2.45, 2.75) is 18.8 Å². The number of rotatable bonds is 0. The van der Waals surface area contributed by atoms with Crippen molar-refractivity contribution in [3.05, 3.63) is 142 Å². The summed E-state index contributed by atoms with van der Waals surface area (Å²) < 4.78 is 0. The van der Waals surface area contributed by atoms with Gasteiger partial charge in [0.1, 0.15) is 0 Å². The Balaban J connectivity index is 1.42. The highest BCUT2D eigenvalue weighted by Gasteiger charge is 2.40. The molecule has 0 N–H and O–H groups in total. The zero-order valence-electron chi connectivity index (χ0n) is 19.3. The molecule has 0 spiro atoms. The van der Waals surface area contributed by atoms with E-state index in [-0.39, 0.29) is 0 Å². The van der Waals surface area contributed by atoms with E-state index in [1.807, 2.05) is 0 Å². The summed E-state index contributed by atoms with van der Waals surface area (Å²) in [6.45, 7) is 0. The van der Waals surface area contributed by atoms with Gasteiger partial charge in [-0.2, -0.15) is 0 Å². The maximum atomic E-state index is 2.48. The Morgan fingerprint density at radius 3 is 2.11 bits per heavy atom. The lowest BCUT2D eigenvalue weighted by atomic mass is 9.70. The van der Waals surface area contributed by atoms with Crippen LogP contribution in [0.5, 0.6) is 0 Å². The molecule has 9 rings (SSSR count). The summed E-state index contributed by atoms with van der Waals surface area (Å²) in [4.78, 5) is 0. The highest BCUT2D eigenvalue weighted by Crippen LogP contribution is 2.60. The Kier molecular flexibility index (Phi) is 3.27. The van der Waals surface area contributed by atoms with Crippen LogP contribution in [0, 0.1) is 0 Å². The fourth-order valence-corrected chi connectivity index (χ4v) is 7.40. The van der Waals surface area contributed by atoms with Crippen LogP contribution in [-0.2, 0) is 12.8 Å². The van der Waals surface area contributed by atoms with E-state index in [4.69, 9.17) is 0 Å². The summed E-state index contributed by atoms with van der Waals surface area (Å²) in [5.41, 5.74) is 21.8. The standard InChI is InChI=1S/C35H22/c1-4-10-24-21(8-1)18-30-27(24)15-16-29-34(30)31-19-22-9-3-6-12-26(22)33(31)28-14-13-23-17-20-7-2-5-11-25(20)32(23)35(28)29/h1-16,19,33H,17-18H2. The molecule has 0 saturated heterocycles. The van der Waals surface area contributed by atoms with Crippen molar-refractivity contribution >= 4 is 11.6 Å². The molecule has 5 aromatic carbocycles. The van der Waals surface area contributed by atoms with Gasteiger partial charge in [-0.3, -0.25) is 0 Å². The Bertz CT molecular complexity index is 1800. The molecule has 4 aliphatic carbocycles. The molecule has 4 aliphatic rings. The highest BCUT2D eigenvalue weighted by molar-refractivity contribution is 6.08. The third-order valence-corrected chi connectivity index (χ3v) is 8.78. The fraction of sp³-hybridized carbons (Fsp3) is 0.0857. The average molecular weight is 443 g/mol. The first-order chi connectivity index (χ1) is 17.4. The van der Waals surface area contributed by atoms with E-state index in [2.05, 4.69) is 103 Å². The summed E-state index contributed by atoms with van der Waals surface area (Å²) in [5, 5.41) is 0. The van der Waals surface area contributed by atoms with Gasteiger partial charge in [0.25, 0.3) is 0 Å². The second kappa shape index (κ2) is 6.29. The van der Waals surface area contributed by atoms with Crippen molar-refractivity contribution in [3.8, 4) is 33.4 Å². The van der Waals surface area contributed by atoms with E-state index in [0.29, 0.717) is 5.92 Å². The SMILES string of the molecule is C1=C2c3c(ccc4c3Cc3ccccc3-4)-c3c(ccc4c3-c3ccccc3C4)C2c2ccccc21. The molecule has 0 fully saturated rings. The maximum absolute atomic E-state index is 2.48. The molecule has 0 aliphatic heterocycles. The van der Waals surface area contributed by atoms with Crippen LogP contribution in [0.2, 0.25) is 0 Å². The largest absolute Gasteiger partial charge is 0.0619 e. The summed E-state index contributed by atoms with van der Waals surface area (Å²) in [5.74, 6) is 0.307. The third-order valence-electron chi connectivity index (χ3n) is 8.78. The van der Waals surface area contributed by atoms with Crippen LogP contribution in [0.3, 0.4) is 0 Å². The minimum atomic E-state index is 0.307. The van der Waals surface area contributed by atoms with E-state index in [0.717, 1.165) is 12.8 Å². The fourth-order valence-electron chi connectivity index (χ4n) is 7.40. The van der Waals surface area contributed by atoms with E-state index in [9.17, 15) is 0 Å². The molecule has 0 aromatic heterocycles. The topological polar surface area (TPSA) is 0 Å². The zero-order chi connectivity index (χ0) is 22.7. The van der Waals surface area contributed by atoms with Crippen LogP contribution < -0.4 is 0 Å². The maximum Gasteiger partial charge on any atom is 0.0358 e. The summed E-state index contributed by atoms with van der Waals surface area (Å²) in [6, 6.07) is 36.7. The Morgan fingerprint density at radius 1 is 0.457 bits per heavy atom. The predicted molar refractivity (Wildman–Crippen MR) is 145 cm³/mol. The van der Waals surface area contributed by atoms with E-state index in [1.165, 1.54) is 83.5 Å². The molecule has 0 amide bonds. The van der Waals surface area contributed by atoms with Crippen molar-refractivity contribution in [2.24, 2.45) is 0 Å². The van der Waals surface area contributed by atoms with Gasteiger partial charge in [-0.25, -0.2) is 0 Å². The van der Waals surface area contributed by atoms with E-state index >= 15 is 0 Å². The van der Waals surface area contributed by atoms with Crippen LogP contribution in [0.15, 0.2) is 97.1 Å². The molecule has 0 heterocycles. The molecule has 0 nitrogen and oxygen atoms in total. The lowest BCUT2D eigenvalue weighted by Crippen LogP contribution is -2.12. The van der Waals surface area contributed by atoms with Gasteiger partial charge in [-0.1, -0.05) is 97.1 Å². The van der Waals surface area contributed by atoms with Crippen molar-refractivity contribution in [2.75, 3.05) is 0 Å².